The summed E-state index contributed by atoms with van der Waals surface area (Å²) in [5.41, 5.74) is 0. The minimum atomic E-state index is -0.329. The summed E-state index contributed by atoms with van der Waals surface area (Å²) >= 11 is 1.29. The van der Waals surface area contributed by atoms with Crippen LogP contribution in [0.2, 0.25) is 0 Å². The van der Waals surface area contributed by atoms with E-state index in [2.05, 4.69) is 15.2 Å². The smallest absolute Gasteiger partial charge is 0.290 e. The summed E-state index contributed by atoms with van der Waals surface area (Å²) in [5, 5.41) is 14.2. The largest absolute Gasteiger partial charge is 0.483 e. The lowest BCUT2D eigenvalue weighted by Crippen LogP contribution is -2.44. The standard InChI is InChI=1S/C16H28N6O3S.CH2O2/c1-12-17-16(19-18-12)26-11-14(23)22-7-8-25-10-13(9-22)15(24)21(4)6-5-20(2)3;2-1-3/h13H,5-11H2,1-4H3,(H,17,18,19);1H,(H,2,3). The van der Waals surface area contributed by atoms with Crippen molar-refractivity contribution in [2.45, 2.75) is 12.1 Å². The Labute approximate surface area is 174 Å². The summed E-state index contributed by atoms with van der Waals surface area (Å²) in [5.74, 6) is 0.619. The number of nitrogens with zero attached hydrogens (tertiary/aromatic N) is 5. The van der Waals surface area contributed by atoms with Gasteiger partial charge in [-0.25, -0.2) is 4.98 Å². The van der Waals surface area contributed by atoms with Gasteiger partial charge < -0.3 is 24.5 Å². The van der Waals surface area contributed by atoms with Gasteiger partial charge in [-0.1, -0.05) is 11.8 Å². The van der Waals surface area contributed by atoms with Crippen LogP contribution < -0.4 is 0 Å². The number of aromatic amines is 1. The number of thioether (sulfide) groups is 1. The highest BCUT2D eigenvalue weighted by molar-refractivity contribution is 7.99. The first-order chi connectivity index (χ1) is 13.8. The molecule has 1 unspecified atom stereocenters. The SMILES string of the molecule is Cc1nc(SCC(=O)N2CCOCC(C(=O)N(C)CCN(C)C)C2)n[nH]1.O=CO. The first kappa shape index (κ1) is 24.9. The molecule has 0 aromatic carbocycles. The number of likely N-dealkylation sites (N-methyl/N-ethyl adjacent to an activating group) is 2. The molecule has 1 fully saturated rings. The van der Waals surface area contributed by atoms with E-state index in [1.54, 1.807) is 16.8 Å². The second-order valence-corrected chi connectivity index (χ2v) is 7.71. The molecule has 0 aliphatic carbocycles. The van der Waals surface area contributed by atoms with Crippen LogP contribution in [0.25, 0.3) is 0 Å². The van der Waals surface area contributed by atoms with Gasteiger partial charge in [0.15, 0.2) is 0 Å². The number of hydrogen-bond acceptors (Lipinski definition) is 8. The molecule has 29 heavy (non-hydrogen) atoms. The molecular weight excluding hydrogens is 400 g/mol. The molecule has 1 atom stereocenters. The average molecular weight is 431 g/mol. The Balaban J connectivity index is 0.00000132. The molecule has 0 spiro atoms. The maximum absolute atomic E-state index is 12.7. The van der Waals surface area contributed by atoms with Crippen LogP contribution in [-0.4, -0.2) is 120 Å². The fourth-order valence-electron chi connectivity index (χ4n) is 2.56. The number of amides is 2. The van der Waals surface area contributed by atoms with Gasteiger partial charge in [0.05, 0.1) is 24.9 Å². The number of nitrogens with one attached hydrogen (secondary N) is 1. The highest BCUT2D eigenvalue weighted by Crippen LogP contribution is 2.15. The van der Waals surface area contributed by atoms with E-state index in [0.717, 1.165) is 12.4 Å². The minimum absolute atomic E-state index is 0.0174. The lowest BCUT2D eigenvalue weighted by molar-refractivity contribution is -0.137. The molecule has 0 bridgehead atoms. The third-order valence-electron chi connectivity index (χ3n) is 4.13. The Morgan fingerprint density at radius 3 is 2.66 bits per heavy atom. The van der Waals surface area contributed by atoms with E-state index in [4.69, 9.17) is 14.6 Å². The van der Waals surface area contributed by atoms with Crippen molar-refractivity contribution in [3.8, 4) is 0 Å². The van der Waals surface area contributed by atoms with Crippen LogP contribution >= 0.6 is 11.8 Å². The van der Waals surface area contributed by atoms with E-state index in [9.17, 15) is 9.59 Å². The zero-order chi connectivity index (χ0) is 21.8. The van der Waals surface area contributed by atoms with E-state index in [1.807, 2.05) is 25.9 Å². The first-order valence-electron chi connectivity index (χ1n) is 9.13. The fourth-order valence-corrected chi connectivity index (χ4v) is 3.31. The van der Waals surface area contributed by atoms with Gasteiger partial charge in [-0.15, -0.1) is 5.10 Å². The van der Waals surface area contributed by atoms with E-state index < -0.39 is 0 Å². The maximum Gasteiger partial charge on any atom is 0.290 e. The van der Waals surface area contributed by atoms with Crippen LogP contribution in [0.5, 0.6) is 0 Å². The molecule has 2 heterocycles. The molecule has 12 heteroatoms. The summed E-state index contributed by atoms with van der Waals surface area (Å²) < 4.78 is 5.56. The molecule has 164 valence electrons. The second kappa shape index (κ2) is 13.1. The monoisotopic (exact) mass is 430 g/mol. The van der Waals surface area contributed by atoms with Crippen molar-refractivity contribution in [1.29, 1.82) is 0 Å². The number of carboxylic acid groups (broad SMARTS) is 1. The van der Waals surface area contributed by atoms with E-state index in [1.165, 1.54) is 11.8 Å². The van der Waals surface area contributed by atoms with Crippen LogP contribution in [0.15, 0.2) is 5.16 Å². The van der Waals surface area contributed by atoms with Crippen molar-refractivity contribution in [1.82, 2.24) is 29.9 Å². The third kappa shape index (κ3) is 9.24. The number of hydrogen-bond donors (Lipinski definition) is 2. The van der Waals surface area contributed by atoms with E-state index in [0.29, 0.717) is 38.0 Å². The van der Waals surface area contributed by atoms with Gasteiger partial charge in [0, 0.05) is 33.2 Å². The zero-order valence-corrected chi connectivity index (χ0v) is 18.1. The Morgan fingerprint density at radius 2 is 2.07 bits per heavy atom. The Morgan fingerprint density at radius 1 is 1.38 bits per heavy atom. The normalized spacial score (nSPS) is 16.6. The number of H-pyrrole nitrogens is 1. The molecule has 1 aliphatic heterocycles. The molecule has 0 saturated carbocycles. The van der Waals surface area contributed by atoms with Crippen molar-refractivity contribution >= 4 is 30.0 Å². The molecule has 0 radical (unpaired) electrons. The van der Waals surface area contributed by atoms with Crippen LogP contribution in [-0.2, 0) is 19.1 Å². The van der Waals surface area contributed by atoms with Crippen molar-refractivity contribution in [2.75, 3.05) is 66.3 Å². The van der Waals surface area contributed by atoms with Gasteiger partial charge in [0.2, 0.25) is 17.0 Å². The molecular formula is C17H30N6O5S. The zero-order valence-electron chi connectivity index (χ0n) is 17.3. The molecule has 1 saturated heterocycles. The van der Waals surface area contributed by atoms with Crippen molar-refractivity contribution in [3.05, 3.63) is 5.82 Å². The number of aromatic nitrogens is 3. The van der Waals surface area contributed by atoms with Crippen molar-refractivity contribution in [3.63, 3.8) is 0 Å². The molecule has 2 amide bonds. The highest BCUT2D eigenvalue weighted by atomic mass is 32.2. The third-order valence-corrected chi connectivity index (χ3v) is 4.96. The molecule has 1 aliphatic rings. The average Bonchev–Trinajstić information content (AvgIpc) is 2.94. The lowest BCUT2D eigenvalue weighted by atomic mass is 10.1. The highest BCUT2D eigenvalue weighted by Gasteiger charge is 2.29. The predicted molar refractivity (Wildman–Crippen MR) is 108 cm³/mol. The van der Waals surface area contributed by atoms with Gasteiger partial charge in [-0.2, -0.15) is 0 Å². The molecule has 1 aromatic heterocycles. The first-order valence-corrected chi connectivity index (χ1v) is 10.1. The van der Waals surface area contributed by atoms with Crippen LogP contribution in [0.4, 0.5) is 0 Å². The van der Waals surface area contributed by atoms with E-state index in [-0.39, 0.29) is 30.0 Å². The maximum atomic E-state index is 12.7. The summed E-state index contributed by atoms with van der Waals surface area (Å²) in [6, 6.07) is 0. The summed E-state index contributed by atoms with van der Waals surface area (Å²) in [6.45, 7) is 4.69. The van der Waals surface area contributed by atoms with Gasteiger partial charge in [0.1, 0.15) is 5.82 Å². The quantitative estimate of drug-likeness (QED) is 0.430. The number of carbonyl (C=O) groups excluding carboxylic acids is 2. The van der Waals surface area contributed by atoms with E-state index >= 15 is 0 Å². The van der Waals surface area contributed by atoms with Gasteiger partial charge in [0.25, 0.3) is 6.47 Å². The van der Waals surface area contributed by atoms with Crippen LogP contribution in [0.3, 0.4) is 0 Å². The predicted octanol–water partition coefficient (Wildman–Crippen LogP) is -0.599. The minimum Gasteiger partial charge on any atom is -0.483 e. The molecule has 1 aromatic rings. The molecule has 2 N–H and O–H groups in total. The Bertz CT molecular complexity index is 656. The summed E-state index contributed by atoms with van der Waals surface area (Å²) in [4.78, 5) is 43.2. The van der Waals surface area contributed by atoms with Gasteiger partial charge in [-0.05, 0) is 21.0 Å². The summed E-state index contributed by atoms with van der Waals surface area (Å²) in [6.07, 6.45) is 0. The van der Waals surface area contributed by atoms with Crippen LogP contribution in [0, 0.1) is 12.8 Å². The fraction of sp³-hybridized carbons (Fsp3) is 0.706. The summed E-state index contributed by atoms with van der Waals surface area (Å²) in [7, 11) is 5.74. The lowest BCUT2D eigenvalue weighted by Gasteiger charge is -2.27. The Hall–Kier alpha value is -2.18. The number of carbonyl (C=O) groups is 3. The number of rotatable bonds is 7. The van der Waals surface area contributed by atoms with Crippen LogP contribution in [0.1, 0.15) is 5.82 Å². The number of ether oxygens (including phenoxy) is 1. The van der Waals surface area contributed by atoms with Crippen molar-refractivity contribution in [2.24, 2.45) is 5.92 Å². The number of aryl methyl sites for hydroxylation is 1. The Kier molecular flexibility index (Phi) is 11.2. The molecule has 2 rings (SSSR count). The topological polar surface area (TPSA) is 132 Å². The van der Waals surface area contributed by atoms with Crippen molar-refractivity contribution < 1.29 is 24.2 Å². The molecule has 11 nitrogen and oxygen atoms in total. The van der Waals surface area contributed by atoms with Gasteiger partial charge in [-0.3, -0.25) is 19.5 Å². The van der Waals surface area contributed by atoms with Gasteiger partial charge >= 0.3 is 0 Å². The second-order valence-electron chi connectivity index (χ2n) is 6.77.